The maximum absolute atomic E-state index is 12.9. The van der Waals surface area contributed by atoms with Gasteiger partial charge in [-0.3, -0.25) is 0 Å². The van der Waals surface area contributed by atoms with Crippen LogP contribution in [0, 0.1) is 22.7 Å². The van der Waals surface area contributed by atoms with E-state index in [0.29, 0.717) is 25.7 Å². The van der Waals surface area contributed by atoms with Crippen molar-refractivity contribution in [3.8, 4) is 0 Å². The second kappa shape index (κ2) is 9.60. The van der Waals surface area contributed by atoms with Gasteiger partial charge < -0.3 is 39.1 Å². The number of allylic oxidation sites excluding steroid dienone is 1. The highest BCUT2D eigenvalue weighted by Crippen LogP contribution is 2.69. The van der Waals surface area contributed by atoms with E-state index in [9.17, 15) is 30.0 Å². The highest BCUT2D eigenvalue weighted by Gasteiger charge is 2.67. The van der Waals surface area contributed by atoms with Crippen LogP contribution in [0.25, 0.3) is 0 Å². The fraction of sp³-hybridized carbons (Fsp3) is 0.733. The van der Waals surface area contributed by atoms with Crippen LogP contribution in [0.3, 0.4) is 0 Å². The van der Waals surface area contributed by atoms with Gasteiger partial charge in [-0.05, 0) is 87.7 Å². The van der Waals surface area contributed by atoms with Crippen LogP contribution in [0.4, 0.5) is 0 Å². The lowest BCUT2D eigenvalue weighted by Gasteiger charge is -2.61. The molecule has 5 aliphatic rings. The van der Waals surface area contributed by atoms with E-state index in [1.807, 2.05) is 12.1 Å². The fourth-order valence-electron chi connectivity index (χ4n) is 9.10. The first-order valence-electron chi connectivity index (χ1n) is 14.4. The van der Waals surface area contributed by atoms with Crippen molar-refractivity contribution in [3.05, 3.63) is 46.0 Å². The van der Waals surface area contributed by atoms with Gasteiger partial charge in [0.05, 0.1) is 29.5 Å². The average molecular weight is 545 g/mol. The first kappa shape index (κ1) is 27.3. The number of fused-ring (bicyclic) bond motifs is 5. The molecular formula is C30H40O9. The minimum atomic E-state index is -1.37. The highest BCUT2D eigenvalue weighted by atomic mass is 16.7. The van der Waals surface area contributed by atoms with Crippen molar-refractivity contribution in [2.24, 2.45) is 22.7 Å². The number of rotatable bonds is 4. The van der Waals surface area contributed by atoms with Gasteiger partial charge in [0, 0.05) is 11.5 Å². The van der Waals surface area contributed by atoms with Crippen LogP contribution in [0.2, 0.25) is 0 Å². The third kappa shape index (κ3) is 3.95. The number of aliphatic hydroxyl groups excluding tert-OH is 3. The molecule has 9 heteroatoms. The van der Waals surface area contributed by atoms with E-state index in [2.05, 4.69) is 6.92 Å². The minimum Gasteiger partial charge on any atom is -0.431 e. The highest BCUT2D eigenvalue weighted by molar-refractivity contribution is 5.67. The number of ether oxygens (including phenoxy) is 2. The molecule has 0 amide bonds. The zero-order chi connectivity index (χ0) is 27.7. The SMILES string of the molecule is C[C@@H]1O[C@@H](O[C@@H]2C=C3CC[C@@H]4[C@H](CC[C@]5(C)[C@@H](c6ccc(=O)oc6)CC[C@]45O)[C@@]3(C=O)CC2)[C@H](O)[C@H](O)[C@H]1O. The van der Waals surface area contributed by atoms with E-state index >= 15 is 0 Å². The molecule has 39 heavy (non-hydrogen) atoms. The smallest absolute Gasteiger partial charge is 0.335 e. The molecule has 6 rings (SSSR count). The van der Waals surface area contributed by atoms with Gasteiger partial charge in [-0.15, -0.1) is 0 Å². The van der Waals surface area contributed by atoms with E-state index in [-0.39, 0.29) is 34.9 Å². The van der Waals surface area contributed by atoms with Gasteiger partial charge in [0.2, 0.25) is 0 Å². The molecule has 3 saturated carbocycles. The largest absolute Gasteiger partial charge is 0.431 e. The Morgan fingerprint density at radius 3 is 2.51 bits per heavy atom. The van der Waals surface area contributed by atoms with Gasteiger partial charge in [-0.1, -0.05) is 18.6 Å². The van der Waals surface area contributed by atoms with Gasteiger partial charge >= 0.3 is 5.63 Å². The zero-order valence-corrected chi connectivity index (χ0v) is 22.6. The Morgan fingerprint density at radius 2 is 1.79 bits per heavy atom. The summed E-state index contributed by atoms with van der Waals surface area (Å²) in [6, 6.07) is 3.27. The van der Waals surface area contributed by atoms with E-state index in [4.69, 9.17) is 13.9 Å². The van der Waals surface area contributed by atoms with E-state index in [1.165, 1.54) is 6.07 Å². The number of hydrogen-bond acceptors (Lipinski definition) is 9. The Balaban J connectivity index is 1.24. The summed E-state index contributed by atoms with van der Waals surface area (Å²) < 4.78 is 16.9. The lowest BCUT2D eigenvalue weighted by atomic mass is 9.45. The summed E-state index contributed by atoms with van der Waals surface area (Å²) in [5.74, 6) is 0.0898. The summed E-state index contributed by atoms with van der Waals surface area (Å²) in [7, 11) is 0. The molecule has 4 aliphatic carbocycles. The summed E-state index contributed by atoms with van der Waals surface area (Å²) in [6.45, 7) is 3.79. The van der Waals surface area contributed by atoms with Crippen LogP contribution in [-0.4, -0.2) is 69.1 Å². The number of carbonyl (C=O) groups is 1. The van der Waals surface area contributed by atoms with Gasteiger partial charge in [-0.25, -0.2) is 4.79 Å². The Bertz CT molecular complexity index is 1170. The first-order chi connectivity index (χ1) is 18.5. The van der Waals surface area contributed by atoms with Crippen molar-refractivity contribution in [2.75, 3.05) is 0 Å². The van der Waals surface area contributed by atoms with Crippen LogP contribution in [0.1, 0.15) is 76.7 Å². The molecule has 9 nitrogen and oxygen atoms in total. The number of aliphatic hydroxyl groups is 4. The van der Waals surface area contributed by atoms with Gasteiger partial charge in [0.15, 0.2) is 6.29 Å². The maximum Gasteiger partial charge on any atom is 0.335 e. The van der Waals surface area contributed by atoms with Crippen LogP contribution in [-0.2, 0) is 14.3 Å². The second-order valence-electron chi connectivity index (χ2n) is 12.9. The summed E-state index contributed by atoms with van der Waals surface area (Å²) in [5, 5.41) is 42.9. The number of hydrogen-bond donors (Lipinski definition) is 4. The quantitative estimate of drug-likeness (QED) is 0.331. The molecule has 214 valence electrons. The summed E-state index contributed by atoms with van der Waals surface area (Å²) in [5.41, 5.74) is -0.361. The predicted octanol–water partition coefficient (Wildman–Crippen LogP) is 2.19. The molecular weight excluding hydrogens is 504 g/mol. The van der Waals surface area contributed by atoms with E-state index < -0.39 is 41.7 Å². The van der Waals surface area contributed by atoms with Crippen molar-refractivity contribution in [1.29, 1.82) is 0 Å². The molecule has 4 fully saturated rings. The standard InChI is InChI=1S/C30H40O9/c1-16-24(33)25(34)26(35)27(38-16)39-19-7-11-29(15-31)18(13-19)4-5-22-21(29)8-10-28(2)20(9-12-30(22,28)36)17-3-6-23(32)37-14-17/h3,6,13-16,19-22,24-27,33-36H,4-5,7-12H2,1-2H3/t16-,19-,20+,21-,22+,24-,25+,26+,27-,28+,29+,30-/m0/s1. The van der Waals surface area contributed by atoms with Gasteiger partial charge in [0.1, 0.15) is 24.6 Å². The Morgan fingerprint density at radius 1 is 1.00 bits per heavy atom. The molecule has 1 aromatic rings. The predicted molar refractivity (Wildman–Crippen MR) is 139 cm³/mol. The van der Waals surface area contributed by atoms with Crippen molar-refractivity contribution >= 4 is 6.29 Å². The molecule has 1 saturated heterocycles. The van der Waals surface area contributed by atoms with Crippen LogP contribution >= 0.6 is 0 Å². The molecule has 2 heterocycles. The molecule has 4 N–H and O–H groups in total. The maximum atomic E-state index is 12.9. The third-order valence-electron chi connectivity index (χ3n) is 11.3. The Labute approximate surface area is 227 Å². The molecule has 0 unspecified atom stereocenters. The van der Waals surface area contributed by atoms with Gasteiger partial charge in [0.25, 0.3) is 0 Å². The third-order valence-corrected chi connectivity index (χ3v) is 11.3. The lowest BCUT2D eigenvalue weighted by molar-refractivity contribution is -0.301. The number of aldehydes is 1. The van der Waals surface area contributed by atoms with Crippen molar-refractivity contribution in [3.63, 3.8) is 0 Å². The van der Waals surface area contributed by atoms with E-state index in [0.717, 1.165) is 43.1 Å². The molecule has 1 aromatic heterocycles. The topological polar surface area (TPSA) is 147 Å². The molecule has 0 radical (unpaired) electrons. The monoisotopic (exact) mass is 544 g/mol. The summed E-state index contributed by atoms with van der Waals surface area (Å²) in [4.78, 5) is 24.4. The normalized spacial score (nSPS) is 49.4. The molecule has 0 bridgehead atoms. The molecule has 1 aliphatic heterocycles. The van der Waals surface area contributed by atoms with Crippen LogP contribution < -0.4 is 5.63 Å². The average Bonchev–Trinajstić information content (AvgIpc) is 3.21. The van der Waals surface area contributed by atoms with E-state index in [1.54, 1.807) is 13.2 Å². The minimum absolute atomic E-state index is 0.0160. The van der Waals surface area contributed by atoms with Crippen molar-refractivity contribution in [2.45, 2.75) is 114 Å². The van der Waals surface area contributed by atoms with Crippen LogP contribution in [0.15, 0.2) is 39.3 Å². The fourth-order valence-corrected chi connectivity index (χ4v) is 9.10. The first-order valence-corrected chi connectivity index (χ1v) is 14.4. The summed E-state index contributed by atoms with van der Waals surface area (Å²) >= 11 is 0. The molecule has 0 aromatic carbocycles. The van der Waals surface area contributed by atoms with Crippen molar-refractivity contribution < 1.29 is 39.1 Å². The lowest BCUT2D eigenvalue weighted by Crippen LogP contribution is -2.61. The Kier molecular flexibility index (Phi) is 6.72. The van der Waals surface area contributed by atoms with Crippen molar-refractivity contribution in [1.82, 2.24) is 0 Å². The molecule has 0 spiro atoms. The Hall–Kier alpha value is -1.88. The summed E-state index contributed by atoms with van der Waals surface area (Å²) in [6.07, 6.45) is 4.18. The van der Waals surface area contributed by atoms with Gasteiger partial charge in [-0.2, -0.15) is 0 Å². The number of carbonyl (C=O) groups excluding carboxylic acids is 1. The zero-order valence-electron chi connectivity index (χ0n) is 22.6. The second-order valence-corrected chi connectivity index (χ2v) is 12.9. The molecule has 12 atom stereocenters. The van der Waals surface area contributed by atoms with Crippen LogP contribution in [0.5, 0.6) is 0 Å².